The molecule has 0 aliphatic rings. The summed E-state index contributed by atoms with van der Waals surface area (Å²) < 4.78 is 9.69. The minimum atomic E-state index is -0.330. The molecule has 0 aliphatic carbocycles. The van der Waals surface area contributed by atoms with Crippen molar-refractivity contribution in [3.63, 3.8) is 0 Å². The summed E-state index contributed by atoms with van der Waals surface area (Å²) in [6, 6.07) is 0. The van der Waals surface area contributed by atoms with Crippen molar-refractivity contribution in [2.24, 2.45) is 0 Å². The summed E-state index contributed by atoms with van der Waals surface area (Å²) >= 11 is 0. The van der Waals surface area contributed by atoms with Crippen LogP contribution in [0.15, 0.2) is 4.52 Å². The van der Waals surface area contributed by atoms with Crippen molar-refractivity contribution in [2.75, 3.05) is 6.61 Å². The third-order valence-electron chi connectivity index (χ3n) is 1.86. The summed E-state index contributed by atoms with van der Waals surface area (Å²) in [7, 11) is 0. The van der Waals surface area contributed by atoms with Gasteiger partial charge in [-0.25, -0.2) is 0 Å². The van der Waals surface area contributed by atoms with Gasteiger partial charge in [-0.2, -0.15) is 4.98 Å². The lowest BCUT2D eigenvalue weighted by Crippen LogP contribution is -2.07. The minimum absolute atomic E-state index is 0.0625. The largest absolute Gasteiger partial charge is 0.466 e. The molecule has 5 heteroatoms. The van der Waals surface area contributed by atoms with Crippen LogP contribution in [-0.4, -0.2) is 22.7 Å². The van der Waals surface area contributed by atoms with Gasteiger partial charge >= 0.3 is 5.97 Å². The zero-order valence-electron chi connectivity index (χ0n) is 9.15. The van der Waals surface area contributed by atoms with Crippen LogP contribution in [0.3, 0.4) is 0 Å². The van der Waals surface area contributed by atoms with Crippen molar-refractivity contribution in [3.05, 3.63) is 11.7 Å². The highest BCUT2D eigenvalue weighted by Crippen LogP contribution is 2.03. The van der Waals surface area contributed by atoms with E-state index in [-0.39, 0.29) is 12.4 Å². The second kappa shape index (κ2) is 6.16. The average Bonchev–Trinajstić information content (AvgIpc) is 2.63. The number of esters is 1. The van der Waals surface area contributed by atoms with Crippen LogP contribution in [0.4, 0.5) is 0 Å². The van der Waals surface area contributed by atoms with Crippen LogP contribution < -0.4 is 0 Å². The molecular formula is C10H16N2O3. The van der Waals surface area contributed by atoms with Gasteiger partial charge in [-0.05, 0) is 13.3 Å². The third-order valence-corrected chi connectivity index (χ3v) is 1.86. The molecule has 0 unspecified atom stereocenters. The highest BCUT2D eigenvalue weighted by atomic mass is 16.5. The summed E-state index contributed by atoms with van der Waals surface area (Å²) in [5.74, 6) is 0.666. The highest BCUT2D eigenvalue weighted by molar-refractivity contribution is 5.71. The summed E-state index contributed by atoms with van der Waals surface area (Å²) in [4.78, 5) is 15.2. The monoisotopic (exact) mass is 212 g/mol. The molecule has 0 amide bonds. The summed E-state index contributed by atoms with van der Waals surface area (Å²) in [5.41, 5.74) is 0. The van der Waals surface area contributed by atoms with E-state index in [9.17, 15) is 4.79 Å². The maximum atomic E-state index is 11.1. The number of ether oxygens (including phenoxy) is 1. The van der Waals surface area contributed by atoms with E-state index >= 15 is 0 Å². The fourth-order valence-corrected chi connectivity index (χ4v) is 1.13. The van der Waals surface area contributed by atoms with E-state index < -0.39 is 0 Å². The van der Waals surface area contributed by atoms with E-state index in [2.05, 4.69) is 17.1 Å². The molecule has 0 spiro atoms. The van der Waals surface area contributed by atoms with E-state index in [4.69, 9.17) is 9.26 Å². The average molecular weight is 212 g/mol. The summed E-state index contributed by atoms with van der Waals surface area (Å²) in [6.45, 7) is 4.23. The molecule has 15 heavy (non-hydrogen) atoms. The van der Waals surface area contributed by atoms with Crippen molar-refractivity contribution < 1.29 is 14.1 Å². The topological polar surface area (TPSA) is 65.2 Å². The number of rotatable bonds is 6. The van der Waals surface area contributed by atoms with Gasteiger partial charge in [-0.3, -0.25) is 4.79 Å². The second-order valence-electron chi connectivity index (χ2n) is 3.19. The number of aryl methyl sites for hydroxylation is 1. The summed E-state index contributed by atoms with van der Waals surface area (Å²) in [6.07, 6.45) is 2.97. The Bertz CT molecular complexity index is 309. The molecule has 0 radical (unpaired) electrons. The van der Waals surface area contributed by atoms with Gasteiger partial charge in [-0.1, -0.05) is 18.5 Å². The lowest BCUT2D eigenvalue weighted by atomic mass is 10.2. The van der Waals surface area contributed by atoms with Gasteiger partial charge in [0.25, 0.3) is 0 Å². The zero-order chi connectivity index (χ0) is 11.1. The standard InChI is InChI=1S/C10H16N2O3/c1-3-5-6-8-11-9(15-12-8)7-10(13)14-4-2/h3-7H2,1-2H3. The molecule has 1 aromatic heterocycles. The molecule has 0 aliphatic heterocycles. The Balaban J connectivity index is 2.42. The van der Waals surface area contributed by atoms with Gasteiger partial charge in [0.05, 0.1) is 6.61 Å². The highest BCUT2D eigenvalue weighted by Gasteiger charge is 2.11. The molecule has 5 nitrogen and oxygen atoms in total. The van der Waals surface area contributed by atoms with E-state index in [1.807, 2.05) is 0 Å². The zero-order valence-corrected chi connectivity index (χ0v) is 9.15. The molecule has 0 N–H and O–H groups in total. The Morgan fingerprint density at radius 3 is 2.93 bits per heavy atom. The first-order valence-corrected chi connectivity index (χ1v) is 5.23. The molecular weight excluding hydrogens is 196 g/mol. The van der Waals surface area contributed by atoms with Crippen LogP contribution in [0.1, 0.15) is 38.4 Å². The van der Waals surface area contributed by atoms with Gasteiger partial charge in [0.1, 0.15) is 6.42 Å². The summed E-state index contributed by atoms with van der Waals surface area (Å²) in [5, 5.41) is 3.77. The molecule has 1 aromatic rings. The fourth-order valence-electron chi connectivity index (χ4n) is 1.13. The number of hydrogen-bond acceptors (Lipinski definition) is 5. The first-order valence-electron chi connectivity index (χ1n) is 5.23. The molecule has 0 saturated carbocycles. The van der Waals surface area contributed by atoms with Crippen LogP contribution in [0.5, 0.6) is 0 Å². The van der Waals surface area contributed by atoms with Gasteiger partial charge in [0.2, 0.25) is 5.89 Å². The van der Waals surface area contributed by atoms with Crippen LogP contribution >= 0.6 is 0 Å². The van der Waals surface area contributed by atoms with Crippen LogP contribution in [0.2, 0.25) is 0 Å². The van der Waals surface area contributed by atoms with Crippen molar-refractivity contribution in [1.29, 1.82) is 0 Å². The maximum absolute atomic E-state index is 11.1. The first kappa shape index (κ1) is 11.7. The van der Waals surface area contributed by atoms with Gasteiger partial charge in [0.15, 0.2) is 5.82 Å². The van der Waals surface area contributed by atoms with Crippen molar-refractivity contribution in [2.45, 2.75) is 39.5 Å². The third kappa shape index (κ3) is 4.10. The number of nitrogens with zero attached hydrogens (tertiary/aromatic N) is 2. The molecule has 0 bridgehead atoms. The number of carbonyl (C=O) groups excluding carboxylic acids is 1. The van der Waals surface area contributed by atoms with Crippen LogP contribution in [-0.2, 0) is 22.4 Å². The van der Waals surface area contributed by atoms with Crippen LogP contribution in [0.25, 0.3) is 0 Å². The van der Waals surface area contributed by atoms with Crippen LogP contribution in [0, 0.1) is 0 Å². The Morgan fingerprint density at radius 2 is 2.27 bits per heavy atom. The Kier molecular flexibility index (Phi) is 4.80. The Hall–Kier alpha value is -1.39. The van der Waals surface area contributed by atoms with E-state index in [0.29, 0.717) is 18.3 Å². The SMILES string of the molecule is CCCCc1noc(CC(=O)OCC)n1. The van der Waals surface area contributed by atoms with Gasteiger partial charge < -0.3 is 9.26 Å². The van der Waals surface area contributed by atoms with Gasteiger partial charge in [0, 0.05) is 6.42 Å². The Morgan fingerprint density at radius 1 is 1.47 bits per heavy atom. The van der Waals surface area contributed by atoms with E-state index in [0.717, 1.165) is 19.3 Å². The van der Waals surface area contributed by atoms with Crippen molar-refractivity contribution in [1.82, 2.24) is 10.1 Å². The molecule has 84 valence electrons. The molecule has 1 rings (SSSR count). The quantitative estimate of drug-likeness (QED) is 0.669. The smallest absolute Gasteiger partial charge is 0.315 e. The molecule has 0 atom stereocenters. The minimum Gasteiger partial charge on any atom is -0.466 e. The predicted molar refractivity (Wildman–Crippen MR) is 53.2 cm³/mol. The lowest BCUT2D eigenvalue weighted by molar-refractivity contribution is -0.142. The van der Waals surface area contributed by atoms with Gasteiger partial charge in [-0.15, -0.1) is 0 Å². The number of hydrogen-bond donors (Lipinski definition) is 0. The lowest BCUT2D eigenvalue weighted by Gasteiger charge is -1.96. The maximum Gasteiger partial charge on any atom is 0.315 e. The molecule has 0 saturated heterocycles. The number of aromatic nitrogens is 2. The fraction of sp³-hybridized carbons (Fsp3) is 0.700. The number of unbranched alkanes of at least 4 members (excludes halogenated alkanes) is 1. The second-order valence-corrected chi connectivity index (χ2v) is 3.19. The molecule has 1 heterocycles. The normalized spacial score (nSPS) is 10.3. The van der Waals surface area contributed by atoms with Crippen molar-refractivity contribution in [3.8, 4) is 0 Å². The number of carbonyl (C=O) groups is 1. The van der Waals surface area contributed by atoms with E-state index in [1.165, 1.54) is 0 Å². The van der Waals surface area contributed by atoms with E-state index in [1.54, 1.807) is 6.92 Å². The molecule has 0 fully saturated rings. The first-order chi connectivity index (χ1) is 7.26. The Labute approximate surface area is 88.8 Å². The predicted octanol–water partition coefficient (Wildman–Crippen LogP) is 1.52. The molecule has 0 aromatic carbocycles. The van der Waals surface area contributed by atoms with Crippen molar-refractivity contribution >= 4 is 5.97 Å².